The van der Waals surface area contributed by atoms with Gasteiger partial charge < -0.3 is 0 Å². The van der Waals surface area contributed by atoms with Crippen molar-refractivity contribution in [2.45, 2.75) is 6.92 Å². The van der Waals surface area contributed by atoms with Gasteiger partial charge in [-0.3, -0.25) is 0 Å². The van der Waals surface area contributed by atoms with Gasteiger partial charge in [0.05, 0.1) is 0 Å². The summed E-state index contributed by atoms with van der Waals surface area (Å²) < 4.78 is 1.93. The van der Waals surface area contributed by atoms with Crippen LogP contribution in [0.25, 0.3) is 0 Å². The third-order valence-corrected chi connectivity index (χ3v) is 0.706. The van der Waals surface area contributed by atoms with Crippen LogP contribution < -0.4 is 0 Å². The molecule has 0 nitrogen and oxygen atoms in total. The van der Waals surface area contributed by atoms with Crippen molar-refractivity contribution < 1.29 is 18.3 Å². The number of rotatable bonds is 1. The molecular formula is C5H7Ru. The molecule has 0 aliphatic heterocycles. The van der Waals surface area contributed by atoms with Crippen LogP contribution in [0.4, 0.5) is 0 Å². The van der Waals surface area contributed by atoms with Crippen LogP contribution in [0.1, 0.15) is 6.92 Å². The topological polar surface area (TPSA) is 0 Å². The molecule has 0 radical (unpaired) electrons. The standard InChI is InChI=1S/C5H7.Ru/c1-3-5-4-2;/h1,3-5H,2H3;. The monoisotopic (exact) mass is 169 g/mol. The van der Waals surface area contributed by atoms with Crippen molar-refractivity contribution in [1.29, 1.82) is 0 Å². The molecule has 0 atom stereocenters. The maximum absolute atomic E-state index is 2.42. The number of hydrogen-bond donors (Lipinski definition) is 0. The fourth-order valence-corrected chi connectivity index (χ4v) is 0.344. The Balaban J connectivity index is 3.07. The third kappa shape index (κ3) is 4.10. The Morgan fingerprint density at radius 1 is 1.33 bits per heavy atom. The molecule has 0 saturated heterocycles. The van der Waals surface area contributed by atoms with E-state index in [1.807, 2.05) is 29.8 Å². The Morgan fingerprint density at radius 2 is 2.00 bits per heavy atom. The van der Waals surface area contributed by atoms with Gasteiger partial charge in [0.15, 0.2) is 0 Å². The van der Waals surface area contributed by atoms with Crippen LogP contribution in [0.2, 0.25) is 0 Å². The van der Waals surface area contributed by atoms with E-state index in [-0.39, 0.29) is 0 Å². The second-order valence-electron chi connectivity index (χ2n) is 0.836. The normalized spacial score (nSPS) is 11.7. The molecule has 0 aromatic heterocycles. The molecule has 0 N–H and O–H groups in total. The fraction of sp³-hybridized carbons (Fsp3) is 0.200. The number of allylic oxidation sites excluding steroid dienone is 3. The van der Waals surface area contributed by atoms with E-state index >= 15 is 0 Å². The van der Waals surface area contributed by atoms with E-state index in [1.54, 1.807) is 0 Å². The summed E-state index contributed by atoms with van der Waals surface area (Å²) in [6.07, 6.45) is 5.94. The van der Waals surface area contributed by atoms with E-state index < -0.39 is 0 Å². The molecule has 1 heteroatoms. The second-order valence-corrected chi connectivity index (χ2v) is 1.42. The molecule has 0 heterocycles. The SMILES string of the molecule is CC=CC=[CH][Ru]. The van der Waals surface area contributed by atoms with Gasteiger partial charge in [-0.2, -0.15) is 0 Å². The van der Waals surface area contributed by atoms with Crippen LogP contribution in [-0.2, 0) is 18.3 Å². The van der Waals surface area contributed by atoms with Crippen LogP contribution in [0.5, 0.6) is 0 Å². The van der Waals surface area contributed by atoms with Gasteiger partial charge in [0, 0.05) is 0 Å². The summed E-state index contributed by atoms with van der Waals surface area (Å²) in [6.45, 7) is 1.99. The molecule has 0 aromatic rings. The molecule has 0 unspecified atom stereocenters. The van der Waals surface area contributed by atoms with Crippen LogP contribution in [0.15, 0.2) is 22.9 Å². The molecule has 0 fully saturated rings. The van der Waals surface area contributed by atoms with Crippen molar-refractivity contribution in [2.75, 3.05) is 0 Å². The Hall–Kier alpha value is 0.103. The van der Waals surface area contributed by atoms with E-state index in [9.17, 15) is 0 Å². The van der Waals surface area contributed by atoms with Crippen LogP contribution in [-0.4, -0.2) is 0 Å². The molecule has 0 saturated carbocycles. The van der Waals surface area contributed by atoms with Crippen LogP contribution in [0.3, 0.4) is 0 Å². The second kappa shape index (κ2) is 5.10. The minimum atomic E-state index is 1.93. The average molecular weight is 168 g/mol. The predicted octanol–water partition coefficient (Wildman–Crippen LogP) is 1.62. The summed E-state index contributed by atoms with van der Waals surface area (Å²) in [5.41, 5.74) is 0. The van der Waals surface area contributed by atoms with E-state index in [0.29, 0.717) is 0 Å². The minimum absolute atomic E-state index is 1.93. The van der Waals surface area contributed by atoms with E-state index in [4.69, 9.17) is 0 Å². The summed E-state index contributed by atoms with van der Waals surface area (Å²) in [5, 5.41) is 0. The zero-order valence-electron chi connectivity index (χ0n) is 3.66. The molecule has 0 amide bonds. The van der Waals surface area contributed by atoms with Gasteiger partial charge in [0.25, 0.3) is 0 Å². The molecule has 0 bridgehead atoms. The van der Waals surface area contributed by atoms with Crippen molar-refractivity contribution in [2.24, 2.45) is 0 Å². The molecule has 6 heavy (non-hydrogen) atoms. The van der Waals surface area contributed by atoms with Gasteiger partial charge in [-0.25, -0.2) is 0 Å². The Kier molecular flexibility index (Phi) is 5.19. The first-order valence-corrected chi connectivity index (χ1v) is 2.78. The fourth-order valence-electron chi connectivity index (χ4n) is 0.150. The Bertz CT molecular complexity index is 52.3. The van der Waals surface area contributed by atoms with Gasteiger partial charge in [-0.1, -0.05) is 0 Å². The van der Waals surface area contributed by atoms with E-state index in [1.165, 1.54) is 0 Å². The Morgan fingerprint density at radius 3 is 2.17 bits per heavy atom. The summed E-state index contributed by atoms with van der Waals surface area (Å²) >= 11 is 2.42. The first kappa shape index (κ1) is 6.10. The quantitative estimate of drug-likeness (QED) is 0.412. The van der Waals surface area contributed by atoms with Crippen LogP contribution in [0, 0.1) is 0 Å². The van der Waals surface area contributed by atoms with Gasteiger partial charge >= 0.3 is 48.1 Å². The maximum atomic E-state index is 2.42. The first-order valence-electron chi connectivity index (χ1n) is 1.78. The van der Waals surface area contributed by atoms with Gasteiger partial charge in [0.2, 0.25) is 0 Å². The molecule has 0 aromatic carbocycles. The number of hydrogen-bond acceptors (Lipinski definition) is 0. The molecule has 35 valence electrons. The van der Waals surface area contributed by atoms with Crippen molar-refractivity contribution in [3.63, 3.8) is 0 Å². The van der Waals surface area contributed by atoms with Crippen LogP contribution >= 0.6 is 0 Å². The molecule has 0 aliphatic rings. The average Bonchev–Trinajstić information content (AvgIpc) is 1.61. The van der Waals surface area contributed by atoms with E-state index in [2.05, 4.69) is 18.3 Å². The van der Waals surface area contributed by atoms with Crippen molar-refractivity contribution in [3.05, 3.63) is 22.9 Å². The zero-order valence-corrected chi connectivity index (χ0v) is 5.40. The third-order valence-electron chi connectivity index (χ3n) is 0.372. The summed E-state index contributed by atoms with van der Waals surface area (Å²) in [4.78, 5) is 0. The first-order chi connectivity index (χ1) is 2.91. The molecular weight excluding hydrogens is 161 g/mol. The van der Waals surface area contributed by atoms with Gasteiger partial charge in [0.1, 0.15) is 0 Å². The molecule has 0 rings (SSSR count). The van der Waals surface area contributed by atoms with Crippen molar-refractivity contribution >= 4 is 0 Å². The van der Waals surface area contributed by atoms with Gasteiger partial charge in [-0.15, -0.1) is 0 Å². The Labute approximate surface area is 48.6 Å². The molecule has 0 aliphatic carbocycles. The van der Waals surface area contributed by atoms with Crippen molar-refractivity contribution in [1.82, 2.24) is 0 Å². The van der Waals surface area contributed by atoms with E-state index in [0.717, 1.165) is 0 Å². The van der Waals surface area contributed by atoms with Gasteiger partial charge in [-0.05, 0) is 0 Å². The van der Waals surface area contributed by atoms with Crippen molar-refractivity contribution in [3.8, 4) is 0 Å². The summed E-state index contributed by atoms with van der Waals surface area (Å²) in [5.74, 6) is 0. The summed E-state index contributed by atoms with van der Waals surface area (Å²) in [7, 11) is 0. The molecule has 0 spiro atoms. The zero-order chi connectivity index (χ0) is 4.83. The predicted molar refractivity (Wildman–Crippen MR) is 24.0 cm³/mol. The summed E-state index contributed by atoms with van der Waals surface area (Å²) in [6, 6.07) is 0.